The first-order valence-corrected chi connectivity index (χ1v) is 7.92. The Bertz CT molecular complexity index is 707. The van der Waals surface area contributed by atoms with Crippen LogP contribution in [0.2, 0.25) is 0 Å². The fourth-order valence-corrected chi connectivity index (χ4v) is 2.70. The highest BCUT2D eigenvalue weighted by Gasteiger charge is 2.00. The molecule has 0 unspecified atom stereocenters. The van der Waals surface area contributed by atoms with E-state index in [1.165, 1.54) is 14.7 Å². The second-order valence-electron chi connectivity index (χ2n) is 4.90. The van der Waals surface area contributed by atoms with Crippen LogP contribution < -0.4 is 5.32 Å². The van der Waals surface area contributed by atoms with Gasteiger partial charge in [0, 0.05) is 27.6 Å². The highest BCUT2D eigenvalue weighted by molar-refractivity contribution is 14.1. The Hall–Kier alpha value is -1.82. The quantitative estimate of drug-likeness (QED) is 0.665. The zero-order chi connectivity index (χ0) is 14.5. The van der Waals surface area contributed by atoms with E-state index in [1.807, 2.05) is 16.9 Å². The van der Waals surface area contributed by atoms with Gasteiger partial charge in [0.15, 0.2) is 0 Å². The molecule has 106 valence electrons. The maximum atomic E-state index is 4.42. The molecule has 0 bridgehead atoms. The fraction of sp³-hybridized carbons (Fsp3) is 0.118. The second kappa shape index (κ2) is 6.76. The van der Waals surface area contributed by atoms with Gasteiger partial charge in [0.2, 0.25) is 0 Å². The Morgan fingerprint density at radius 2 is 1.86 bits per heavy atom. The minimum atomic E-state index is 0.787. The number of halogens is 1. The number of anilines is 1. The molecule has 1 N–H and O–H groups in total. The SMILES string of the molecule is Ic1cccc(NCc2cnn(Cc3ccccc3)c2)c1. The fourth-order valence-electron chi connectivity index (χ4n) is 2.16. The van der Waals surface area contributed by atoms with Gasteiger partial charge in [-0.25, -0.2) is 0 Å². The van der Waals surface area contributed by atoms with Crippen molar-refractivity contribution in [3.8, 4) is 0 Å². The molecule has 0 amide bonds. The van der Waals surface area contributed by atoms with Crippen molar-refractivity contribution in [2.75, 3.05) is 5.32 Å². The molecule has 0 fully saturated rings. The average Bonchev–Trinajstić information content (AvgIpc) is 2.94. The molecule has 1 aromatic heterocycles. The molecule has 2 aromatic carbocycles. The summed E-state index contributed by atoms with van der Waals surface area (Å²) < 4.78 is 3.21. The molecule has 21 heavy (non-hydrogen) atoms. The van der Waals surface area contributed by atoms with Crippen molar-refractivity contribution in [2.24, 2.45) is 0 Å². The Morgan fingerprint density at radius 1 is 1.00 bits per heavy atom. The van der Waals surface area contributed by atoms with E-state index in [4.69, 9.17) is 0 Å². The number of hydrogen-bond donors (Lipinski definition) is 1. The van der Waals surface area contributed by atoms with Crippen LogP contribution in [0.25, 0.3) is 0 Å². The van der Waals surface area contributed by atoms with Gasteiger partial charge in [-0.15, -0.1) is 0 Å². The summed E-state index contributed by atoms with van der Waals surface area (Å²) in [6.45, 7) is 1.60. The molecule has 0 spiro atoms. The van der Waals surface area contributed by atoms with Gasteiger partial charge >= 0.3 is 0 Å². The highest BCUT2D eigenvalue weighted by atomic mass is 127. The van der Waals surface area contributed by atoms with Gasteiger partial charge in [-0.1, -0.05) is 36.4 Å². The topological polar surface area (TPSA) is 29.9 Å². The lowest BCUT2D eigenvalue weighted by Crippen LogP contribution is -2.00. The summed E-state index contributed by atoms with van der Waals surface area (Å²) in [5, 5.41) is 7.84. The normalized spacial score (nSPS) is 10.5. The molecule has 0 aliphatic rings. The van der Waals surface area contributed by atoms with Crippen molar-refractivity contribution < 1.29 is 0 Å². The third-order valence-corrected chi connectivity index (χ3v) is 3.87. The predicted octanol–water partition coefficient (Wildman–Crippen LogP) is 4.15. The van der Waals surface area contributed by atoms with E-state index < -0.39 is 0 Å². The van der Waals surface area contributed by atoms with Crippen LogP contribution >= 0.6 is 22.6 Å². The molecule has 3 aromatic rings. The molecule has 1 heterocycles. The van der Waals surface area contributed by atoms with Gasteiger partial charge in [-0.3, -0.25) is 4.68 Å². The first-order chi connectivity index (χ1) is 10.3. The van der Waals surface area contributed by atoms with Crippen molar-refractivity contribution in [1.82, 2.24) is 9.78 Å². The summed E-state index contributed by atoms with van der Waals surface area (Å²) in [5.41, 5.74) is 3.58. The Kier molecular flexibility index (Phi) is 4.55. The monoisotopic (exact) mass is 389 g/mol. The number of hydrogen-bond acceptors (Lipinski definition) is 2. The van der Waals surface area contributed by atoms with Crippen molar-refractivity contribution in [3.05, 3.63) is 81.7 Å². The Labute approximate surface area is 138 Å². The largest absolute Gasteiger partial charge is 0.381 e. The average molecular weight is 389 g/mol. The van der Waals surface area contributed by atoms with Crippen molar-refractivity contribution >= 4 is 28.3 Å². The van der Waals surface area contributed by atoms with E-state index in [9.17, 15) is 0 Å². The van der Waals surface area contributed by atoms with Gasteiger partial charge in [-0.05, 0) is 46.4 Å². The number of nitrogens with one attached hydrogen (secondary N) is 1. The lowest BCUT2D eigenvalue weighted by molar-refractivity contribution is 0.686. The van der Waals surface area contributed by atoms with Crippen molar-refractivity contribution in [2.45, 2.75) is 13.1 Å². The van der Waals surface area contributed by atoms with Gasteiger partial charge in [0.1, 0.15) is 0 Å². The molecule has 0 aliphatic heterocycles. The molecule has 0 aliphatic carbocycles. The smallest absolute Gasteiger partial charge is 0.0659 e. The summed E-state index contributed by atoms with van der Waals surface area (Å²) >= 11 is 2.32. The molecule has 0 radical (unpaired) electrons. The molecule has 0 saturated heterocycles. The second-order valence-corrected chi connectivity index (χ2v) is 6.14. The number of rotatable bonds is 5. The van der Waals surface area contributed by atoms with Crippen LogP contribution in [0.5, 0.6) is 0 Å². The summed E-state index contributed by atoms with van der Waals surface area (Å²) in [4.78, 5) is 0. The summed E-state index contributed by atoms with van der Waals surface area (Å²) in [6, 6.07) is 18.7. The third kappa shape index (κ3) is 4.07. The first kappa shape index (κ1) is 14.1. The lowest BCUT2D eigenvalue weighted by atomic mass is 10.2. The molecular weight excluding hydrogens is 373 g/mol. The van der Waals surface area contributed by atoms with Crippen LogP contribution in [0.3, 0.4) is 0 Å². The Balaban J connectivity index is 1.60. The molecule has 4 heteroatoms. The van der Waals surface area contributed by atoms with Crippen LogP contribution in [0.1, 0.15) is 11.1 Å². The standard InChI is InChI=1S/C17H16IN3/c18-16-7-4-8-17(9-16)19-10-15-11-20-21(13-15)12-14-5-2-1-3-6-14/h1-9,11,13,19H,10,12H2. The van der Waals surface area contributed by atoms with E-state index in [0.29, 0.717) is 0 Å². The molecule has 0 saturated carbocycles. The van der Waals surface area contributed by atoms with E-state index >= 15 is 0 Å². The summed E-state index contributed by atoms with van der Waals surface area (Å²) in [5.74, 6) is 0. The Morgan fingerprint density at radius 3 is 2.67 bits per heavy atom. The maximum Gasteiger partial charge on any atom is 0.0659 e. The third-order valence-electron chi connectivity index (χ3n) is 3.20. The van der Waals surface area contributed by atoms with Crippen LogP contribution in [-0.2, 0) is 13.1 Å². The van der Waals surface area contributed by atoms with E-state index in [1.54, 1.807) is 0 Å². The van der Waals surface area contributed by atoms with Crippen LogP contribution in [0, 0.1) is 3.57 Å². The minimum Gasteiger partial charge on any atom is -0.381 e. The molecule has 3 rings (SSSR count). The molecular formula is C17H16IN3. The highest BCUT2D eigenvalue weighted by Crippen LogP contribution is 2.13. The summed E-state index contributed by atoms with van der Waals surface area (Å²) in [7, 11) is 0. The summed E-state index contributed by atoms with van der Waals surface area (Å²) in [6.07, 6.45) is 4.01. The zero-order valence-corrected chi connectivity index (χ0v) is 13.7. The lowest BCUT2D eigenvalue weighted by Gasteiger charge is -2.05. The van der Waals surface area contributed by atoms with Gasteiger partial charge < -0.3 is 5.32 Å². The predicted molar refractivity (Wildman–Crippen MR) is 94.3 cm³/mol. The number of nitrogens with zero attached hydrogens (tertiary/aromatic N) is 2. The first-order valence-electron chi connectivity index (χ1n) is 6.84. The van der Waals surface area contributed by atoms with Crippen LogP contribution in [0.4, 0.5) is 5.69 Å². The van der Waals surface area contributed by atoms with Crippen molar-refractivity contribution in [3.63, 3.8) is 0 Å². The van der Waals surface area contributed by atoms with Gasteiger partial charge in [0.05, 0.1) is 12.7 Å². The molecule has 3 nitrogen and oxygen atoms in total. The van der Waals surface area contributed by atoms with E-state index in [-0.39, 0.29) is 0 Å². The van der Waals surface area contributed by atoms with Gasteiger partial charge in [-0.2, -0.15) is 5.10 Å². The van der Waals surface area contributed by atoms with Crippen LogP contribution in [-0.4, -0.2) is 9.78 Å². The maximum absolute atomic E-state index is 4.42. The van der Waals surface area contributed by atoms with Gasteiger partial charge in [0.25, 0.3) is 0 Å². The molecule has 0 atom stereocenters. The van der Waals surface area contributed by atoms with E-state index in [2.05, 4.69) is 87.7 Å². The van der Waals surface area contributed by atoms with Crippen molar-refractivity contribution in [1.29, 1.82) is 0 Å². The van der Waals surface area contributed by atoms with Crippen LogP contribution in [0.15, 0.2) is 67.0 Å². The number of aromatic nitrogens is 2. The zero-order valence-electron chi connectivity index (χ0n) is 11.5. The number of benzene rings is 2. The minimum absolute atomic E-state index is 0.787. The van der Waals surface area contributed by atoms with E-state index in [0.717, 1.165) is 18.8 Å².